The number of piperidine rings is 1. The number of hydrogen-bond acceptors (Lipinski definition) is 4. The fraction of sp³-hybridized carbons (Fsp3) is 0.438. The maximum Gasteiger partial charge on any atom is 0.0955 e. The summed E-state index contributed by atoms with van der Waals surface area (Å²) >= 11 is 0. The van der Waals surface area contributed by atoms with Gasteiger partial charge in [-0.2, -0.15) is 0 Å². The highest BCUT2D eigenvalue weighted by Crippen LogP contribution is 2.31. The number of benzene rings is 1. The van der Waals surface area contributed by atoms with Crippen molar-refractivity contribution >= 4 is 22.3 Å². The lowest BCUT2D eigenvalue weighted by molar-refractivity contribution is 0.258. The maximum absolute atomic E-state index is 6.06. The average Bonchev–Trinajstić information content (AvgIpc) is 2.48. The van der Waals surface area contributed by atoms with E-state index in [-0.39, 0.29) is 0 Å². The van der Waals surface area contributed by atoms with Crippen LogP contribution in [-0.2, 0) is 0 Å². The van der Waals surface area contributed by atoms with Gasteiger partial charge in [0.1, 0.15) is 0 Å². The van der Waals surface area contributed by atoms with Crippen LogP contribution in [0.3, 0.4) is 0 Å². The summed E-state index contributed by atoms with van der Waals surface area (Å²) in [5.41, 5.74) is 9.10. The molecule has 4 heteroatoms. The topological polar surface area (TPSA) is 45.4 Å². The minimum absolute atomic E-state index is 0.611. The molecule has 2 aromatic rings. The summed E-state index contributed by atoms with van der Waals surface area (Å²) in [5.74, 6) is 0. The zero-order valence-corrected chi connectivity index (χ0v) is 12.2. The second-order valence-electron chi connectivity index (χ2n) is 5.78. The summed E-state index contributed by atoms with van der Waals surface area (Å²) in [7, 11) is 4.32. The lowest BCUT2D eigenvalue weighted by Crippen LogP contribution is -2.45. The van der Waals surface area contributed by atoms with Crippen molar-refractivity contribution in [3.63, 3.8) is 0 Å². The molecule has 2 heterocycles. The lowest BCUT2D eigenvalue weighted by Gasteiger charge is -2.37. The summed E-state index contributed by atoms with van der Waals surface area (Å²) < 4.78 is 0. The third-order valence-corrected chi connectivity index (χ3v) is 4.25. The van der Waals surface area contributed by atoms with Gasteiger partial charge in [0.25, 0.3) is 0 Å². The highest BCUT2D eigenvalue weighted by molar-refractivity contribution is 5.98. The first kappa shape index (κ1) is 13.2. The van der Waals surface area contributed by atoms with Crippen molar-refractivity contribution in [3.05, 3.63) is 30.5 Å². The number of hydrogen-bond donors (Lipinski definition) is 1. The Balaban J connectivity index is 2.00. The smallest absolute Gasteiger partial charge is 0.0955 e. The van der Waals surface area contributed by atoms with E-state index in [1.165, 1.54) is 18.5 Å². The summed E-state index contributed by atoms with van der Waals surface area (Å²) in [6.07, 6.45) is 4.34. The van der Waals surface area contributed by atoms with E-state index in [0.717, 1.165) is 29.7 Å². The van der Waals surface area contributed by atoms with E-state index in [0.29, 0.717) is 6.04 Å². The third kappa shape index (κ3) is 2.31. The van der Waals surface area contributed by atoms with Gasteiger partial charge in [-0.25, -0.2) is 0 Å². The Labute approximate surface area is 120 Å². The van der Waals surface area contributed by atoms with Gasteiger partial charge in [0.05, 0.1) is 11.2 Å². The predicted octanol–water partition coefficient (Wildman–Crippen LogP) is 2.35. The average molecular weight is 270 g/mol. The molecule has 3 rings (SSSR count). The van der Waals surface area contributed by atoms with Gasteiger partial charge in [0, 0.05) is 36.4 Å². The number of nitrogen functional groups attached to an aromatic ring is 1. The summed E-state index contributed by atoms with van der Waals surface area (Å²) in [6, 6.07) is 8.72. The largest absolute Gasteiger partial charge is 0.398 e. The van der Waals surface area contributed by atoms with Crippen LogP contribution in [0, 0.1) is 0 Å². The standard InChI is InChI=1S/C16H22N4/c1-19(2)12-5-4-10-20(11-12)15-8-7-14(17)13-6-3-9-18-16(13)15/h3,6-9,12H,4-5,10-11,17H2,1-2H3. The Morgan fingerprint density at radius 2 is 2.15 bits per heavy atom. The van der Waals surface area contributed by atoms with Crippen LogP contribution in [0.1, 0.15) is 12.8 Å². The highest BCUT2D eigenvalue weighted by atomic mass is 15.2. The van der Waals surface area contributed by atoms with E-state index in [1.54, 1.807) is 0 Å². The van der Waals surface area contributed by atoms with Crippen LogP contribution >= 0.6 is 0 Å². The number of nitrogens with zero attached hydrogens (tertiary/aromatic N) is 3. The number of fused-ring (bicyclic) bond motifs is 1. The van der Waals surface area contributed by atoms with Crippen LogP contribution in [0.15, 0.2) is 30.5 Å². The molecule has 0 aliphatic carbocycles. The normalized spacial score (nSPS) is 19.8. The number of likely N-dealkylation sites (N-methyl/N-ethyl adjacent to an activating group) is 1. The molecular formula is C16H22N4. The van der Waals surface area contributed by atoms with Gasteiger partial charge >= 0.3 is 0 Å². The third-order valence-electron chi connectivity index (χ3n) is 4.25. The van der Waals surface area contributed by atoms with E-state index in [9.17, 15) is 0 Å². The van der Waals surface area contributed by atoms with Gasteiger partial charge in [-0.05, 0) is 51.2 Å². The van der Waals surface area contributed by atoms with Crippen LogP contribution in [-0.4, -0.2) is 43.1 Å². The first-order valence-electron chi connectivity index (χ1n) is 7.21. The van der Waals surface area contributed by atoms with E-state index in [4.69, 9.17) is 5.73 Å². The Bertz CT molecular complexity index is 608. The molecule has 0 saturated carbocycles. The van der Waals surface area contributed by atoms with Crippen molar-refractivity contribution < 1.29 is 0 Å². The first-order valence-corrected chi connectivity index (χ1v) is 7.21. The molecule has 0 bridgehead atoms. The van der Waals surface area contributed by atoms with Crippen LogP contribution in [0.4, 0.5) is 11.4 Å². The molecule has 20 heavy (non-hydrogen) atoms. The van der Waals surface area contributed by atoms with Crippen LogP contribution in [0.5, 0.6) is 0 Å². The molecule has 1 aliphatic heterocycles. The van der Waals surface area contributed by atoms with E-state index >= 15 is 0 Å². The second-order valence-corrected chi connectivity index (χ2v) is 5.78. The van der Waals surface area contributed by atoms with E-state index in [1.807, 2.05) is 18.3 Å². The van der Waals surface area contributed by atoms with E-state index < -0.39 is 0 Å². The molecule has 1 aromatic carbocycles. The number of anilines is 2. The molecule has 1 unspecified atom stereocenters. The Morgan fingerprint density at radius 1 is 1.30 bits per heavy atom. The molecule has 1 atom stereocenters. The molecule has 0 radical (unpaired) electrons. The van der Waals surface area contributed by atoms with Crippen molar-refractivity contribution in [2.45, 2.75) is 18.9 Å². The second kappa shape index (κ2) is 5.29. The first-order chi connectivity index (χ1) is 9.66. The van der Waals surface area contributed by atoms with E-state index in [2.05, 4.69) is 41.0 Å². The molecule has 4 nitrogen and oxygen atoms in total. The molecule has 1 saturated heterocycles. The minimum atomic E-state index is 0.611. The van der Waals surface area contributed by atoms with Gasteiger partial charge in [-0.15, -0.1) is 0 Å². The molecule has 106 valence electrons. The van der Waals surface area contributed by atoms with Gasteiger partial charge in [-0.3, -0.25) is 4.98 Å². The molecule has 1 aromatic heterocycles. The zero-order valence-electron chi connectivity index (χ0n) is 12.2. The number of aromatic nitrogens is 1. The van der Waals surface area contributed by atoms with Crippen molar-refractivity contribution in [2.24, 2.45) is 0 Å². The lowest BCUT2D eigenvalue weighted by atomic mass is 10.0. The number of rotatable bonds is 2. The Hall–Kier alpha value is -1.81. The molecule has 1 fully saturated rings. The van der Waals surface area contributed by atoms with Crippen LogP contribution in [0.2, 0.25) is 0 Å². The molecule has 1 aliphatic rings. The summed E-state index contributed by atoms with van der Waals surface area (Å²) in [4.78, 5) is 9.32. The molecule has 2 N–H and O–H groups in total. The minimum Gasteiger partial charge on any atom is -0.398 e. The van der Waals surface area contributed by atoms with Crippen molar-refractivity contribution in [1.82, 2.24) is 9.88 Å². The van der Waals surface area contributed by atoms with Gasteiger partial charge < -0.3 is 15.5 Å². The molecule has 0 spiro atoms. The molecule has 0 amide bonds. The predicted molar refractivity (Wildman–Crippen MR) is 85.1 cm³/mol. The fourth-order valence-electron chi connectivity index (χ4n) is 3.03. The molecular weight excluding hydrogens is 248 g/mol. The van der Waals surface area contributed by atoms with Crippen molar-refractivity contribution in [1.29, 1.82) is 0 Å². The summed E-state index contributed by atoms with van der Waals surface area (Å²) in [6.45, 7) is 2.16. The number of nitrogens with two attached hydrogens (primary N) is 1. The fourth-order valence-corrected chi connectivity index (χ4v) is 3.03. The van der Waals surface area contributed by atoms with Gasteiger partial charge in [0.2, 0.25) is 0 Å². The monoisotopic (exact) mass is 270 g/mol. The summed E-state index contributed by atoms with van der Waals surface area (Å²) in [5, 5.41) is 1.05. The maximum atomic E-state index is 6.06. The Morgan fingerprint density at radius 3 is 2.95 bits per heavy atom. The van der Waals surface area contributed by atoms with Gasteiger partial charge in [-0.1, -0.05) is 0 Å². The SMILES string of the molecule is CN(C)C1CCCN(c2ccc(N)c3cccnc23)C1. The van der Waals surface area contributed by atoms with Crippen LogP contribution < -0.4 is 10.6 Å². The quantitative estimate of drug-likeness (QED) is 0.851. The van der Waals surface area contributed by atoms with Crippen LogP contribution in [0.25, 0.3) is 10.9 Å². The van der Waals surface area contributed by atoms with Crippen molar-refractivity contribution in [2.75, 3.05) is 37.8 Å². The van der Waals surface area contributed by atoms with Gasteiger partial charge in [0.15, 0.2) is 0 Å². The Kier molecular flexibility index (Phi) is 3.49. The number of pyridine rings is 1. The highest BCUT2D eigenvalue weighted by Gasteiger charge is 2.23. The zero-order chi connectivity index (χ0) is 14.1. The van der Waals surface area contributed by atoms with Crippen molar-refractivity contribution in [3.8, 4) is 0 Å².